The third-order valence-corrected chi connectivity index (χ3v) is 5.03. The largest absolute Gasteiger partial charge is 0.324 e. The number of nitrogens with one attached hydrogen (secondary N) is 1. The Kier molecular flexibility index (Phi) is 5.40. The summed E-state index contributed by atoms with van der Waals surface area (Å²) < 4.78 is 33.3. The van der Waals surface area contributed by atoms with E-state index in [1.807, 2.05) is 14.0 Å². The summed E-state index contributed by atoms with van der Waals surface area (Å²) in [6.07, 6.45) is 0. The number of rotatable bonds is 3. The van der Waals surface area contributed by atoms with E-state index in [2.05, 4.69) is 31.9 Å². The van der Waals surface area contributed by atoms with Gasteiger partial charge in [-0.3, -0.25) is 4.55 Å². The number of imidazole rings is 1. The number of hydrogen-bond acceptors (Lipinski definition) is 6. The highest BCUT2D eigenvalue weighted by atomic mass is 32.2. The second-order valence-electron chi connectivity index (χ2n) is 6.07. The number of aromatic nitrogens is 5. The lowest BCUT2D eigenvalue weighted by Crippen LogP contribution is -2.10. The number of nitrogens with zero attached hydrogens (tertiary/aromatic N) is 5. The summed E-state index contributed by atoms with van der Waals surface area (Å²) in [6.45, 7) is 6.69. The van der Waals surface area contributed by atoms with Crippen LogP contribution in [0.15, 0.2) is 35.2 Å². The second-order valence-corrected chi connectivity index (χ2v) is 7.49. The average molecular weight is 390 g/mol. The Labute approximate surface area is 157 Å². The molecule has 0 atom stereocenters. The van der Waals surface area contributed by atoms with Crippen LogP contribution in [0, 0.1) is 6.92 Å². The van der Waals surface area contributed by atoms with E-state index in [9.17, 15) is 8.42 Å². The molecule has 0 spiro atoms. The summed E-state index contributed by atoms with van der Waals surface area (Å²) in [7, 11) is -2.09. The van der Waals surface area contributed by atoms with Gasteiger partial charge in [0, 0.05) is 26.7 Å². The van der Waals surface area contributed by atoms with Crippen molar-refractivity contribution in [1.82, 2.24) is 29.6 Å². The van der Waals surface area contributed by atoms with Crippen LogP contribution in [0.5, 0.6) is 0 Å². The number of hydrogen-bond donors (Lipinski definition) is 2. The van der Waals surface area contributed by atoms with Crippen molar-refractivity contribution in [2.24, 2.45) is 7.05 Å². The van der Waals surface area contributed by atoms with Crippen LogP contribution in [0.4, 0.5) is 0 Å². The van der Waals surface area contributed by atoms with Gasteiger partial charge in [0.05, 0.1) is 16.3 Å². The standard InChI is InChI=1S/C11H16N6.C6H6O3S/c1-4-17-9-6-12-5-8(9)14-11(17)10-13-7(2)15-16(10)3;7-10(8,9)6-4-2-1-3-5-6/h12H,4-6H2,1-3H3;1-5H,(H,7,8,9). The Balaban J connectivity index is 0.000000180. The zero-order chi connectivity index (χ0) is 19.6. The molecule has 2 aromatic heterocycles. The molecule has 4 rings (SSSR count). The number of aryl methyl sites for hydroxylation is 2. The molecule has 0 amide bonds. The van der Waals surface area contributed by atoms with Crippen molar-refractivity contribution in [1.29, 1.82) is 0 Å². The van der Waals surface area contributed by atoms with Crippen molar-refractivity contribution in [3.05, 3.63) is 47.5 Å². The molecule has 2 N–H and O–H groups in total. The van der Waals surface area contributed by atoms with Gasteiger partial charge in [0.2, 0.25) is 0 Å². The van der Waals surface area contributed by atoms with E-state index in [-0.39, 0.29) is 4.90 Å². The fraction of sp³-hybridized carbons (Fsp3) is 0.353. The van der Waals surface area contributed by atoms with Crippen molar-refractivity contribution in [2.75, 3.05) is 0 Å². The summed E-state index contributed by atoms with van der Waals surface area (Å²) in [4.78, 5) is 9.06. The van der Waals surface area contributed by atoms with Gasteiger partial charge in [0.15, 0.2) is 11.6 Å². The molecule has 3 heterocycles. The summed E-state index contributed by atoms with van der Waals surface area (Å²) in [5.41, 5.74) is 2.42. The van der Waals surface area contributed by atoms with Gasteiger partial charge < -0.3 is 9.88 Å². The zero-order valence-electron chi connectivity index (χ0n) is 15.4. The van der Waals surface area contributed by atoms with Gasteiger partial charge in [-0.1, -0.05) is 18.2 Å². The maximum atomic E-state index is 10.4. The van der Waals surface area contributed by atoms with Crippen LogP contribution in [-0.2, 0) is 36.8 Å². The normalized spacial score (nSPS) is 13.2. The predicted molar refractivity (Wildman–Crippen MR) is 99.4 cm³/mol. The Morgan fingerprint density at radius 3 is 2.37 bits per heavy atom. The molecule has 0 bridgehead atoms. The molecule has 1 aliphatic rings. The van der Waals surface area contributed by atoms with Gasteiger partial charge in [-0.15, -0.1) is 0 Å². The lowest BCUT2D eigenvalue weighted by molar-refractivity contribution is 0.483. The molecule has 0 unspecified atom stereocenters. The zero-order valence-corrected chi connectivity index (χ0v) is 16.2. The minimum atomic E-state index is -4.00. The molecule has 9 nitrogen and oxygen atoms in total. The molecule has 0 saturated heterocycles. The van der Waals surface area contributed by atoms with Crippen LogP contribution in [0.2, 0.25) is 0 Å². The van der Waals surface area contributed by atoms with Gasteiger partial charge in [-0.05, 0) is 26.0 Å². The third kappa shape index (κ3) is 4.07. The Morgan fingerprint density at radius 1 is 1.15 bits per heavy atom. The molecule has 0 aliphatic carbocycles. The van der Waals surface area contributed by atoms with Crippen molar-refractivity contribution >= 4 is 10.1 Å². The fourth-order valence-electron chi connectivity index (χ4n) is 2.99. The monoisotopic (exact) mass is 390 g/mol. The summed E-state index contributed by atoms with van der Waals surface area (Å²) in [5.74, 6) is 2.56. The second kappa shape index (κ2) is 7.59. The van der Waals surface area contributed by atoms with E-state index >= 15 is 0 Å². The molecule has 0 saturated carbocycles. The predicted octanol–water partition coefficient (Wildman–Crippen LogP) is 1.54. The van der Waals surface area contributed by atoms with Crippen LogP contribution < -0.4 is 5.32 Å². The first kappa shape index (κ1) is 19.2. The minimum Gasteiger partial charge on any atom is -0.324 e. The lowest BCUT2D eigenvalue weighted by atomic mass is 10.4. The van der Waals surface area contributed by atoms with Gasteiger partial charge in [0.1, 0.15) is 5.82 Å². The van der Waals surface area contributed by atoms with E-state index in [4.69, 9.17) is 4.55 Å². The van der Waals surface area contributed by atoms with E-state index in [0.29, 0.717) is 0 Å². The smallest absolute Gasteiger partial charge is 0.294 e. The lowest BCUT2D eigenvalue weighted by Gasteiger charge is -2.07. The highest BCUT2D eigenvalue weighted by Crippen LogP contribution is 2.23. The number of fused-ring (bicyclic) bond motifs is 1. The average Bonchev–Trinajstić information content (AvgIpc) is 3.29. The third-order valence-electron chi connectivity index (χ3n) is 4.17. The molecule has 10 heteroatoms. The van der Waals surface area contributed by atoms with Crippen molar-refractivity contribution in [3.63, 3.8) is 0 Å². The van der Waals surface area contributed by atoms with E-state index in [1.54, 1.807) is 22.9 Å². The highest BCUT2D eigenvalue weighted by Gasteiger charge is 2.23. The molecule has 3 aromatic rings. The maximum Gasteiger partial charge on any atom is 0.294 e. The van der Waals surface area contributed by atoms with Gasteiger partial charge in [0.25, 0.3) is 10.1 Å². The summed E-state index contributed by atoms with van der Waals surface area (Å²) >= 11 is 0. The van der Waals surface area contributed by atoms with Crippen LogP contribution >= 0.6 is 0 Å². The summed E-state index contributed by atoms with van der Waals surface area (Å²) in [5, 5.41) is 7.60. The molecule has 1 aliphatic heterocycles. The van der Waals surface area contributed by atoms with Gasteiger partial charge in [-0.2, -0.15) is 13.5 Å². The van der Waals surface area contributed by atoms with Crippen molar-refractivity contribution in [2.45, 2.75) is 38.4 Å². The van der Waals surface area contributed by atoms with E-state index in [1.165, 1.54) is 17.8 Å². The first-order valence-electron chi connectivity index (χ1n) is 8.50. The van der Waals surface area contributed by atoms with Gasteiger partial charge >= 0.3 is 0 Å². The van der Waals surface area contributed by atoms with Crippen molar-refractivity contribution < 1.29 is 13.0 Å². The van der Waals surface area contributed by atoms with E-state index in [0.717, 1.165) is 42.8 Å². The molecule has 144 valence electrons. The van der Waals surface area contributed by atoms with Crippen molar-refractivity contribution in [3.8, 4) is 11.6 Å². The van der Waals surface area contributed by atoms with Crippen LogP contribution in [0.25, 0.3) is 11.6 Å². The van der Waals surface area contributed by atoms with Crippen LogP contribution in [0.1, 0.15) is 24.1 Å². The topological polar surface area (TPSA) is 115 Å². The molecule has 0 radical (unpaired) electrons. The molecular weight excluding hydrogens is 368 g/mol. The first-order chi connectivity index (χ1) is 12.8. The Morgan fingerprint density at radius 2 is 1.85 bits per heavy atom. The molecule has 1 aromatic carbocycles. The number of benzene rings is 1. The summed E-state index contributed by atoms with van der Waals surface area (Å²) in [6, 6.07) is 7.42. The highest BCUT2D eigenvalue weighted by molar-refractivity contribution is 7.85. The molecular formula is C17H22N6O3S. The minimum absolute atomic E-state index is 0.0741. The molecule has 0 fully saturated rings. The maximum absolute atomic E-state index is 10.4. The van der Waals surface area contributed by atoms with Crippen LogP contribution in [-0.4, -0.2) is 37.3 Å². The quantitative estimate of drug-likeness (QED) is 0.652. The Hall–Kier alpha value is -2.56. The van der Waals surface area contributed by atoms with Gasteiger partial charge in [-0.25, -0.2) is 14.6 Å². The van der Waals surface area contributed by atoms with E-state index < -0.39 is 10.1 Å². The molecule has 27 heavy (non-hydrogen) atoms. The first-order valence-corrected chi connectivity index (χ1v) is 9.94. The van der Waals surface area contributed by atoms with Crippen LogP contribution in [0.3, 0.4) is 0 Å². The SMILES string of the molecule is CCn1c(-c2nc(C)nn2C)nc2c1CNC2.O=S(=O)(O)c1ccccc1. The fourth-order valence-corrected chi connectivity index (χ4v) is 3.49. The Bertz CT molecular complexity index is 1040.